The summed E-state index contributed by atoms with van der Waals surface area (Å²) >= 11 is 6.09. The standard InChI is InChI=1S/C13H11ClN4O.C13H12N4O2/c1-19-10-4-2-9(3-5-10)6-18-8-17-13-11(18)12(14)15-7-16-13;1-19-10-4-2-9(3-5-10)6-17-8-16-12-11(17)13(18)15-7-14-12/h2-5,7-8H,6H2,1H3;2-5,7-8H,6H2,1H3,(H,14,15,18). The van der Waals surface area contributed by atoms with E-state index in [1.54, 1.807) is 31.4 Å². The van der Waals surface area contributed by atoms with Crippen LogP contribution in [0.2, 0.25) is 5.15 Å². The van der Waals surface area contributed by atoms with Crippen LogP contribution in [0.15, 0.2) is 78.6 Å². The number of nitrogens with zero attached hydrogens (tertiary/aromatic N) is 7. The van der Waals surface area contributed by atoms with E-state index in [9.17, 15) is 4.79 Å². The number of aromatic amines is 1. The van der Waals surface area contributed by atoms with Gasteiger partial charge in [-0.15, -0.1) is 0 Å². The fraction of sp³-hybridized carbons (Fsp3) is 0.154. The van der Waals surface area contributed by atoms with Crippen molar-refractivity contribution in [2.75, 3.05) is 14.2 Å². The maximum Gasteiger partial charge on any atom is 0.276 e. The summed E-state index contributed by atoms with van der Waals surface area (Å²) in [5, 5.41) is 0.413. The van der Waals surface area contributed by atoms with Gasteiger partial charge in [0.2, 0.25) is 0 Å². The molecule has 0 saturated heterocycles. The SMILES string of the molecule is COc1ccc(Cn2cnc3nc[nH]c(=O)c32)cc1.COc1ccc(Cn2cnc3ncnc(Cl)c32)cc1. The Bertz CT molecular complexity index is 1730. The molecule has 4 aromatic heterocycles. The Morgan fingerprint density at radius 2 is 1.26 bits per heavy atom. The van der Waals surface area contributed by atoms with Gasteiger partial charge in [-0.25, -0.2) is 24.9 Å². The summed E-state index contributed by atoms with van der Waals surface area (Å²) in [6.45, 7) is 1.23. The van der Waals surface area contributed by atoms with E-state index in [2.05, 4.69) is 29.9 Å². The Morgan fingerprint density at radius 1 is 0.737 bits per heavy atom. The lowest BCUT2D eigenvalue weighted by molar-refractivity contribution is 0.414. The van der Waals surface area contributed by atoms with Crippen LogP contribution in [0.4, 0.5) is 0 Å². The Balaban J connectivity index is 0.000000155. The number of methoxy groups -OCH3 is 2. The topological polar surface area (TPSA) is 126 Å². The number of nitrogens with one attached hydrogen (secondary N) is 1. The highest BCUT2D eigenvalue weighted by atomic mass is 35.5. The molecule has 0 aliphatic heterocycles. The molecule has 0 aliphatic rings. The molecular weight excluding hydrogens is 508 g/mol. The second-order valence-corrected chi connectivity index (χ2v) is 8.54. The highest BCUT2D eigenvalue weighted by molar-refractivity contribution is 6.33. The molecule has 0 saturated carbocycles. The van der Waals surface area contributed by atoms with Gasteiger partial charge in [-0.2, -0.15) is 0 Å². The Labute approximate surface area is 221 Å². The van der Waals surface area contributed by atoms with Gasteiger partial charge < -0.3 is 23.6 Å². The molecule has 6 aromatic rings. The maximum absolute atomic E-state index is 11.8. The highest BCUT2D eigenvalue weighted by Gasteiger charge is 2.10. The van der Waals surface area contributed by atoms with Gasteiger partial charge in [0.05, 0.1) is 33.2 Å². The number of H-pyrrole nitrogens is 1. The summed E-state index contributed by atoms with van der Waals surface area (Å²) in [5.74, 6) is 1.64. The number of imidazole rings is 2. The first-order valence-electron chi connectivity index (χ1n) is 11.5. The molecule has 1 N–H and O–H groups in total. The third-order valence-corrected chi connectivity index (χ3v) is 6.08. The quantitative estimate of drug-likeness (QED) is 0.323. The molecule has 0 unspecified atom stereocenters. The summed E-state index contributed by atoms with van der Waals surface area (Å²) in [6, 6.07) is 15.5. The zero-order chi connectivity index (χ0) is 26.5. The average molecular weight is 531 g/mol. The molecule has 4 heterocycles. The molecule has 0 amide bonds. The van der Waals surface area contributed by atoms with E-state index in [0.29, 0.717) is 35.1 Å². The third-order valence-electron chi connectivity index (χ3n) is 5.80. The number of fused-ring (bicyclic) bond motifs is 2. The van der Waals surface area contributed by atoms with Gasteiger partial charge in [-0.05, 0) is 35.4 Å². The monoisotopic (exact) mass is 530 g/mol. The van der Waals surface area contributed by atoms with Crippen molar-refractivity contribution in [3.05, 3.63) is 100 Å². The minimum absolute atomic E-state index is 0.184. The minimum Gasteiger partial charge on any atom is -0.497 e. The van der Waals surface area contributed by atoms with Gasteiger partial charge in [-0.3, -0.25) is 4.79 Å². The van der Waals surface area contributed by atoms with E-state index in [1.807, 2.05) is 53.1 Å². The number of rotatable bonds is 6. The van der Waals surface area contributed by atoms with Crippen molar-refractivity contribution in [2.24, 2.45) is 0 Å². The lowest BCUT2D eigenvalue weighted by atomic mass is 10.2. The molecular formula is C26H23ClN8O3. The number of aromatic nitrogens is 8. The van der Waals surface area contributed by atoms with Crippen molar-refractivity contribution in [1.29, 1.82) is 0 Å². The van der Waals surface area contributed by atoms with E-state index in [1.165, 1.54) is 12.7 Å². The largest absolute Gasteiger partial charge is 0.497 e. The zero-order valence-electron chi connectivity index (χ0n) is 20.6. The highest BCUT2D eigenvalue weighted by Crippen LogP contribution is 2.20. The normalized spacial score (nSPS) is 10.8. The Morgan fingerprint density at radius 3 is 1.82 bits per heavy atom. The number of ether oxygens (including phenoxy) is 2. The third kappa shape index (κ3) is 5.32. The smallest absolute Gasteiger partial charge is 0.276 e. The molecule has 0 radical (unpaired) electrons. The molecule has 0 aliphatic carbocycles. The maximum atomic E-state index is 11.8. The van der Waals surface area contributed by atoms with Crippen molar-refractivity contribution in [3.8, 4) is 11.5 Å². The van der Waals surface area contributed by atoms with Crippen LogP contribution in [0.3, 0.4) is 0 Å². The van der Waals surface area contributed by atoms with Crippen molar-refractivity contribution < 1.29 is 9.47 Å². The number of halogens is 1. The molecule has 11 nitrogen and oxygen atoms in total. The predicted molar refractivity (Wildman–Crippen MR) is 143 cm³/mol. The van der Waals surface area contributed by atoms with E-state index in [4.69, 9.17) is 21.1 Å². The van der Waals surface area contributed by atoms with Crippen LogP contribution in [-0.2, 0) is 13.1 Å². The van der Waals surface area contributed by atoms with Crippen LogP contribution in [-0.4, -0.2) is 53.3 Å². The molecule has 192 valence electrons. The number of benzene rings is 2. The molecule has 0 spiro atoms. The van der Waals surface area contributed by atoms with Gasteiger partial charge in [0.25, 0.3) is 5.56 Å². The molecule has 38 heavy (non-hydrogen) atoms. The van der Waals surface area contributed by atoms with Gasteiger partial charge in [-0.1, -0.05) is 35.9 Å². The van der Waals surface area contributed by atoms with Crippen molar-refractivity contribution >= 4 is 33.9 Å². The fourth-order valence-corrected chi connectivity index (χ4v) is 4.12. The summed E-state index contributed by atoms with van der Waals surface area (Å²) in [6.07, 6.45) is 6.11. The summed E-state index contributed by atoms with van der Waals surface area (Å²) in [4.78, 5) is 34.8. The van der Waals surface area contributed by atoms with E-state index in [-0.39, 0.29) is 5.56 Å². The second-order valence-electron chi connectivity index (χ2n) is 8.18. The van der Waals surface area contributed by atoms with Gasteiger partial charge in [0.1, 0.15) is 23.3 Å². The first kappa shape index (κ1) is 24.9. The summed E-state index contributed by atoms with van der Waals surface area (Å²) in [5.41, 5.74) is 4.29. The van der Waals surface area contributed by atoms with Crippen molar-refractivity contribution in [3.63, 3.8) is 0 Å². The lowest BCUT2D eigenvalue weighted by Crippen LogP contribution is -2.11. The number of hydrogen-bond acceptors (Lipinski definition) is 8. The first-order valence-corrected chi connectivity index (χ1v) is 11.9. The minimum atomic E-state index is -0.184. The first-order chi connectivity index (χ1) is 18.6. The van der Waals surface area contributed by atoms with Crippen molar-refractivity contribution in [1.82, 2.24) is 39.0 Å². The van der Waals surface area contributed by atoms with Crippen molar-refractivity contribution in [2.45, 2.75) is 13.1 Å². The van der Waals surface area contributed by atoms with Gasteiger partial charge in [0.15, 0.2) is 22.0 Å². The molecule has 2 aromatic carbocycles. The van der Waals surface area contributed by atoms with Gasteiger partial charge >= 0.3 is 0 Å². The van der Waals surface area contributed by atoms with Crippen LogP contribution in [0.5, 0.6) is 11.5 Å². The Hall–Kier alpha value is -4.77. The molecule has 12 heteroatoms. The lowest BCUT2D eigenvalue weighted by Gasteiger charge is -2.06. The second kappa shape index (κ2) is 11.1. The molecule has 0 bridgehead atoms. The predicted octanol–water partition coefficient (Wildman–Crippen LogP) is 3.71. The number of hydrogen-bond donors (Lipinski definition) is 1. The molecule has 6 rings (SSSR count). The van der Waals surface area contributed by atoms with Crippen LogP contribution in [0.25, 0.3) is 22.3 Å². The van der Waals surface area contributed by atoms with E-state index in [0.717, 1.165) is 28.1 Å². The summed E-state index contributed by atoms with van der Waals surface area (Å²) in [7, 11) is 3.28. The zero-order valence-corrected chi connectivity index (χ0v) is 21.3. The summed E-state index contributed by atoms with van der Waals surface area (Å²) < 4.78 is 14.0. The fourth-order valence-electron chi connectivity index (χ4n) is 3.89. The molecule has 0 atom stereocenters. The van der Waals surface area contributed by atoms with Crippen LogP contribution < -0.4 is 15.0 Å². The van der Waals surface area contributed by atoms with Crippen LogP contribution >= 0.6 is 11.6 Å². The van der Waals surface area contributed by atoms with Crippen LogP contribution in [0.1, 0.15) is 11.1 Å². The van der Waals surface area contributed by atoms with E-state index >= 15 is 0 Å². The average Bonchev–Trinajstić information content (AvgIpc) is 3.55. The van der Waals surface area contributed by atoms with E-state index < -0.39 is 0 Å². The van der Waals surface area contributed by atoms with Gasteiger partial charge in [0, 0.05) is 13.1 Å². The Kier molecular flexibility index (Phi) is 7.27. The molecule has 0 fully saturated rings. The van der Waals surface area contributed by atoms with Crippen LogP contribution in [0, 0.1) is 0 Å².